The molecule has 4 aromatic rings. The van der Waals surface area contributed by atoms with Gasteiger partial charge in [0.05, 0.1) is 34.5 Å². The molecule has 47 heavy (non-hydrogen) atoms. The molecule has 17 heteroatoms. The van der Waals surface area contributed by atoms with Gasteiger partial charge >= 0.3 is 18.6 Å². The molecule has 0 bridgehead atoms. The Bertz CT molecular complexity index is 1840. The molecule has 1 aliphatic rings. The second kappa shape index (κ2) is 13.1. The van der Waals surface area contributed by atoms with Gasteiger partial charge < -0.3 is 14.8 Å². The Hall–Kier alpha value is -4.90. The number of nitrogens with zero attached hydrogens (tertiary/aromatic N) is 5. The normalized spacial score (nSPS) is 15.3. The molecule has 1 aliphatic heterocycles. The lowest BCUT2D eigenvalue weighted by atomic mass is 10.0. The molecule has 1 fully saturated rings. The standard InChI is InChI=1S/C30H24F6N6O4S/c1-16-4-10-21(17(2)45-3)24(12-16)42-25(43)14-47-28(42)39-27(44)38-23-11-5-18(13-22(23)29(31,32)33)26-37-15-41(40-26)19-6-8-20(9-7-19)46-30(34,35)36/h4-13,15,17H,14H2,1-3H3,(H,38,44)/b39-28-. The quantitative estimate of drug-likeness (QED) is 0.201. The molecular weight excluding hydrogens is 654 g/mol. The fourth-order valence-corrected chi connectivity index (χ4v) is 5.44. The number of alkyl halides is 6. The summed E-state index contributed by atoms with van der Waals surface area (Å²) in [5.41, 5.74) is 0.322. The van der Waals surface area contributed by atoms with Crippen molar-refractivity contribution in [1.29, 1.82) is 0 Å². The lowest BCUT2D eigenvalue weighted by molar-refractivity contribution is -0.274. The maximum atomic E-state index is 14.2. The molecule has 3 aromatic carbocycles. The molecule has 1 unspecified atom stereocenters. The van der Waals surface area contributed by atoms with Crippen molar-refractivity contribution in [2.45, 2.75) is 32.5 Å². The van der Waals surface area contributed by atoms with Gasteiger partial charge in [-0.3, -0.25) is 9.69 Å². The van der Waals surface area contributed by atoms with Crippen molar-refractivity contribution < 1.29 is 45.4 Å². The molecule has 0 aliphatic carbocycles. The minimum absolute atomic E-state index is 0.0134. The number of carbonyl (C=O) groups excluding carboxylic acids is 2. The molecule has 1 N–H and O–H groups in total. The highest BCUT2D eigenvalue weighted by Gasteiger charge is 2.36. The van der Waals surface area contributed by atoms with E-state index in [4.69, 9.17) is 4.74 Å². The number of ether oxygens (including phenoxy) is 2. The zero-order chi connectivity index (χ0) is 34.1. The maximum Gasteiger partial charge on any atom is 0.573 e. The number of aliphatic imine (C=N–C) groups is 1. The van der Waals surface area contributed by atoms with Crippen molar-refractivity contribution in [3.05, 3.63) is 83.7 Å². The van der Waals surface area contributed by atoms with Crippen LogP contribution in [0.15, 0.2) is 72.0 Å². The van der Waals surface area contributed by atoms with Crippen molar-refractivity contribution in [2.75, 3.05) is 23.1 Å². The summed E-state index contributed by atoms with van der Waals surface area (Å²) in [6, 6.07) is 11.8. The number of aryl methyl sites for hydroxylation is 1. The van der Waals surface area contributed by atoms with E-state index in [1.807, 2.05) is 13.0 Å². The van der Waals surface area contributed by atoms with Gasteiger partial charge in [0, 0.05) is 18.2 Å². The number of hydrogen-bond donors (Lipinski definition) is 1. The highest BCUT2D eigenvalue weighted by atomic mass is 32.2. The number of anilines is 2. The molecule has 0 spiro atoms. The Labute approximate surface area is 267 Å². The second-order valence-corrected chi connectivity index (χ2v) is 11.0. The Morgan fingerprint density at radius 3 is 2.43 bits per heavy atom. The van der Waals surface area contributed by atoms with Crippen LogP contribution in [0.3, 0.4) is 0 Å². The van der Waals surface area contributed by atoms with Gasteiger partial charge in [0.2, 0.25) is 5.91 Å². The third-order valence-corrected chi connectivity index (χ3v) is 7.76. The predicted molar refractivity (Wildman–Crippen MR) is 161 cm³/mol. The fourth-order valence-electron chi connectivity index (χ4n) is 4.58. The van der Waals surface area contributed by atoms with Gasteiger partial charge in [-0.05, 0) is 67.9 Å². The van der Waals surface area contributed by atoms with Gasteiger partial charge in [0.1, 0.15) is 12.1 Å². The first-order valence-electron chi connectivity index (χ1n) is 13.6. The molecule has 0 saturated carbocycles. The van der Waals surface area contributed by atoms with E-state index in [-0.39, 0.29) is 33.9 Å². The SMILES string of the molecule is COC(C)c1ccc(C)cc1N1C(=O)CS/C1=N\C(=O)Nc1ccc(-c2ncn(-c3ccc(OC(F)(F)F)cc3)n2)cc1C(F)(F)F. The number of urea groups is 1. The number of hydrogen-bond acceptors (Lipinski definition) is 7. The number of nitrogens with one attached hydrogen (secondary N) is 1. The van der Waals surface area contributed by atoms with Crippen molar-refractivity contribution in [1.82, 2.24) is 14.8 Å². The number of methoxy groups -OCH3 is 1. The highest BCUT2D eigenvalue weighted by molar-refractivity contribution is 8.15. The van der Waals surface area contributed by atoms with Crippen LogP contribution in [-0.2, 0) is 15.7 Å². The summed E-state index contributed by atoms with van der Waals surface area (Å²) in [5.74, 6) is -0.991. The summed E-state index contributed by atoms with van der Waals surface area (Å²) < 4.78 is 90.2. The summed E-state index contributed by atoms with van der Waals surface area (Å²) in [7, 11) is 1.50. The van der Waals surface area contributed by atoms with Gasteiger partial charge in [0.25, 0.3) is 0 Å². The van der Waals surface area contributed by atoms with E-state index in [2.05, 4.69) is 25.1 Å². The van der Waals surface area contributed by atoms with Crippen molar-refractivity contribution in [3.63, 3.8) is 0 Å². The average molecular weight is 679 g/mol. The fraction of sp³-hybridized carbons (Fsp3) is 0.233. The summed E-state index contributed by atoms with van der Waals surface area (Å²) >= 11 is 0.966. The number of thioether (sulfide) groups is 1. The van der Waals surface area contributed by atoms with Crippen molar-refractivity contribution in [3.8, 4) is 22.8 Å². The largest absolute Gasteiger partial charge is 0.573 e. The van der Waals surface area contributed by atoms with E-state index in [9.17, 15) is 35.9 Å². The number of halogens is 6. The first-order valence-corrected chi connectivity index (χ1v) is 14.6. The number of benzene rings is 3. The number of amidine groups is 1. The molecule has 5 rings (SSSR count). The summed E-state index contributed by atoms with van der Waals surface area (Å²) in [5, 5.41) is 6.28. The van der Waals surface area contributed by atoms with Crippen LogP contribution in [0.5, 0.6) is 5.75 Å². The Morgan fingerprint density at radius 1 is 1.04 bits per heavy atom. The lowest BCUT2D eigenvalue weighted by Crippen LogP contribution is -2.31. The Morgan fingerprint density at radius 2 is 1.77 bits per heavy atom. The third kappa shape index (κ3) is 7.74. The summed E-state index contributed by atoms with van der Waals surface area (Å²) in [6.45, 7) is 3.60. The summed E-state index contributed by atoms with van der Waals surface area (Å²) in [6.07, 6.45) is -9.03. The molecule has 10 nitrogen and oxygen atoms in total. The van der Waals surface area contributed by atoms with Crippen LogP contribution in [0.2, 0.25) is 0 Å². The van der Waals surface area contributed by atoms with Crippen LogP contribution in [0, 0.1) is 6.92 Å². The van der Waals surface area contributed by atoms with Crippen LogP contribution in [0.4, 0.5) is 42.5 Å². The number of aromatic nitrogens is 3. The van der Waals surface area contributed by atoms with Crippen LogP contribution in [0.25, 0.3) is 17.1 Å². The average Bonchev–Trinajstić information content (AvgIpc) is 3.63. The van der Waals surface area contributed by atoms with E-state index in [0.717, 1.165) is 46.3 Å². The number of amides is 3. The second-order valence-electron chi connectivity index (χ2n) is 10.1. The van der Waals surface area contributed by atoms with Gasteiger partial charge in [-0.25, -0.2) is 14.5 Å². The minimum Gasteiger partial charge on any atom is -0.406 e. The van der Waals surface area contributed by atoms with Gasteiger partial charge in [-0.15, -0.1) is 18.3 Å². The molecule has 246 valence electrons. The lowest BCUT2D eigenvalue weighted by Gasteiger charge is -2.23. The zero-order valence-corrected chi connectivity index (χ0v) is 25.5. The van der Waals surface area contributed by atoms with E-state index in [1.165, 1.54) is 36.5 Å². The van der Waals surface area contributed by atoms with Crippen LogP contribution < -0.4 is 15.0 Å². The minimum atomic E-state index is -4.92. The maximum absolute atomic E-state index is 14.2. The van der Waals surface area contributed by atoms with Crippen LogP contribution in [-0.4, -0.2) is 51.1 Å². The molecule has 0 radical (unpaired) electrons. The van der Waals surface area contributed by atoms with Gasteiger partial charge in [-0.2, -0.15) is 18.2 Å². The Kier molecular flexibility index (Phi) is 9.31. The third-order valence-electron chi connectivity index (χ3n) is 6.83. The van der Waals surface area contributed by atoms with E-state index >= 15 is 0 Å². The van der Waals surface area contributed by atoms with E-state index in [1.54, 1.807) is 19.1 Å². The van der Waals surface area contributed by atoms with Gasteiger partial charge in [0.15, 0.2) is 11.0 Å². The first-order chi connectivity index (χ1) is 22.1. The van der Waals surface area contributed by atoms with Gasteiger partial charge in [-0.1, -0.05) is 23.9 Å². The number of rotatable bonds is 7. The topological polar surface area (TPSA) is 111 Å². The first kappa shape index (κ1) is 33.5. The monoisotopic (exact) mass is 678 g/mol. The molecule has 3 amide bonds. The van der Waals surface area contributed by atoms with E-state index < -0.39 is 41.7 Å². The molecule has 1 atom stereocenters. The van der Waals surface area contributed by atoms with E-state index in [0.29, 0.717) is 11.3 Å². The molecule has 2 heterocycles. The van der Waals surface area contributed by atoms with Crippen molar-refractivity contribution in [2.24, 2.45) is 4.99 Å². The predicted octanol–water partition coefficient (Wildman–Crippen LogP) is 7.54. The Balaban J connectivity index is 1.39. The molecular formula is C30H24F6N6O4S. The number of carbonyl (C=O) groups is 2. The summed E-state index contributed by atoms with van der Waals surface area (Å²) in [4.78, 5) is 35.0. The van der Waals surface area contributed by atoms with Crippen LogP contribution >= 0.6 is 11.8 Å². The zero-order valence-electron chi connectivity index (χ0n) is 24.7. The smallest absolute Gasteiger partial charge is 0.406 e. The molecule has 1 aromatic heterocycles. The molecule has 1 saturated heterocycles. The highest BCUT2D eigenvalue weighted by Crippen LogP contribution is 2.38. The van der Waals surface area contributed by atoms with Crippen LogP contribution in [0.1, 0.15) is 29.7 Å². The van der Waals surface area contributed by atoms with Crippen molar-refractivity contribution >= 4 is 40.2 Å².